The Morgan fingerprint density at radius 1 is 1.03 bits per heavy atom. The average Bonchev–Trinajstić information content (AvgIpc) is 2.84. The fraction of sp³-hybridized carbons (Fsp3) is 0.481. The largest absolute Gasteiger partial charge is 0.497 e. The Hall–Kier alpha value is -2.47. The molecule has 6 heteroatoms. The van der Waals surface area contributed by atoms with E-state index in [-0.39, 0.29) is 17.9 Å². The normalized spacial score (nSPS) is 15.0. The van der Waals surface area contributed by atoms with Crippen LogP contribution in [0.15, 0.2) is 48.5 Å². The zero-order chi connectivity index (χ0) is 23.6. The first-order valence-electron chi connectivity index (χ1n) is 11.8. The van der Waals surface area contributed by atoms with Gasteiger partial charge in [-0.1, -0.05) is 61.2 Å². The fourth-order valence-corrected chi connectivity index (χ4v) is 4.97. The fourth-order valence-electron chi connectivity index (χ4n) is 4.10. The molecule has 1 aliphatic rings. The first-order chi connectivity index (χ1) is 16.0. The average molecular weight is 469 g/mol. The number of amides is 2. The molecule has 178 valence electrons. The van der Waals surface area contributed by atoms with E-state index >= 15 is 0 Å². The molecule has 0 radical (unpaired) electrons. The van der Waals surface area contributed by atoms with Gasteiger partial charge in [0.2, 0.25) is 11.8 Å². The molecule has 1 N–H and O–H groups in total. The van der Waals surface area contributed by atoms with Gasteiger partial charge in [-0.25, -0.2) is 0 Å². The van der Waals surface area contributed by atoms with Crippen molar-refractivity contribution in [1.29, 1.82) is 0 Å². The third kappa shape index (κ3) is 7.81. The smallest absolute Gasteiger partial charge is 0.242 e. The molecule has 0 spiro atoms. The molecule has 0 aliphatic heterocycles. The number of benzene rings is 2. The Balaban J connectivity index is 1.63. The van der Waals surface area contributed by atoms with Crippen LogP contribution in [0.1, 0.15) is 55.7 Å². The van der Waals surface area contributed by atoms with Crippen LogP contribution in [0.3, 0.4) is 0 Å². The molecule has 1 saturated carbocycles. The number of carbonyl (C=O) groups is 2. The van der Waals surface area contributed by atoms with Crippen LogP contribution in [-0.4, -0.2) is 41.7 Å². The van der Waals surface area contributed by atoms with E-state index in [4.69, 9.17) is 4.74 Å². The van der Waals surface area contributed by atoms with Gasteiger partial charge in [0.25, 0.3) is 0 Å². The highest BCUT2D eigenvalue weighted by molar-refractivity contribution is 7.99. The van der Waals surface area contributed by atoms with Gasteiger partial charge in [-0.05, 0) is 49.9 Å². The summed E-state index contributed by atoms with van der Waals surface area (Å²) in [5, 5.41) is 3.19. The third-order valence-electron chi connectivity index (χ3n) is 6.25. The van der Waals surface area contributed by atoms with Crippen molar-refractivity contribution in [3.8, 4) is 5.75 Å². The summed E-state index contributed by atoms with van der Waals surface area (Å²) in [6, 6.07) is 15.8. The lowest BCUT2D eigenvalue weighted by atomic mass is 9.95. The second-order valence-electron chi connectivity index (χ2n) is 8.87. The zero-order valence-corrected chi connectivity index (χ0v) is 20.8. The first kappa shape index (κ1) is 25.2. The first-order valence-corrected chi connectivity index (χ1v) is 13.0. The molecule has 0 heterocycles. The second-order valence-corrected chi connectivity index (χ2v) is 9.85. The molecule has 2 aromatic rings. The molecule has 1 fully saturated rings. The molecule has 0 bridgehead atoms. The summed E-state index contributed by atoms with van der Waals surface area (Å²) >= 11 is 1.57. The molecular formula is C27H36N2O3S. The quantitative estimate of drug-likeness (QED) is 0.527. The van der Waals surface area contributed by atoms with Gasteiger partial charge in [0, 0.05) is 18.3 Å². The second kappa shape index (κ2) is 12.7. The van der Waals surface area contributed by atoms with Gasteiger partial charge < -0.3 is 15.0 Å². The van der Waals surface area contributed by atoms with Crippen molar-refractivity contribution in [3.05, 3.63) is 65.2 Å². The van der Waals surface area contributed by atoms with Crippen LogP contribution in [0.25, 0.3) is 0 Å². The SMILES string of the molecule is COc1ccc(CSCC(=O)N(Cc2ccc(C)cc2)C(C)C(=O)NC2CCCCC2)cc1. The van der Waals surface area contributed by atoms with Crippen LogP contribution in [0, 0.1) is 6.92 Å². The number of ether oxygens (including phenoxy) is 1. The maximum absolute atomic E-state index is 13.2. The number of rotatable bonds is 10. The number of nitrogens with one attached hydrogen (secondary N) is 1. The Bertz CT molecular complexity index is 893. The Morgan fingerprint density at radius 2 is 1.67 bits per heavy atom. The molecule has 1 unspecified atom stereocenters. The zero-order valence-electron chi connectivity index (χ0n) is 20.0. The minimum Gasteiger partial charge on any atom is -0.497 e. The van der Waals surface area contributed by atoms with Crippen molar-refractivity contribution in [1.82, 2.24) is 10.2 Å². The highest BCUT2D eigenvalue weighted by Crippen LogP contribution is 2.20. The molecule has 2 aromatic carbocycles. The molecule has 1 aliphatic carbocycles. The van der Waals surface area contributed by atoms with E-state index in [1.165, 1.54) is 12.0 Å². The Kier molecular flexibility index (Phi) is 9.67. The summed E-state index contributed by atoms with van der Waals surface area (Å²) in [5.74, 6) is 1.82. The molecule has 33 heavy (non-hydrogen) atoms. The van der Waals surface area contributed by atoms with Gasteiger partial charge in [-0.15, -0.1) is 11.8 Å². The lowest BCUT2D eigenvalue weighted by molar-refractivity contribution is -0.139. The number of thioether (sulfide) groups is 1. The van der Waals surface area contributed by atoms with Gasteiger partial charge >= 0.3 is 0 Å². The van der Waals surface area contributed by atoms with Gasteiger partial charge in [-0.3, -0.25) is 9.59 Å². The molecule has 0 saturated heterocycles. The number of nitrogens with zero attached hydrogens (tertiary/aromatic N) is 1. The summed E-state index contributed by atoms with van der Waals surface area (Å²) in [6.07, 6.45) is 5.62. The number of hydrogen-bond donors (Lipinski definition) is 1. The predicted octanol–water partition coefficient (Wildman–Crippen LogP) is 5.10. The highest BCUT2D eigenvalue weighted by Gasteiger charge is 2.28. The summed E-state index contributed by atoms with van der Waals surface area (Å²) < 4.78 is 5.20. The summed E-state index contributed by atoms with van der Waals surface area (Å²) in [7, 11) is 1.65. The van der Waals surface area contributed by atoms with E-state index in [0.717, 1.165) is 48.3 Å². The van der Waals surface area contributed by atoms with E-state index in [2.05, 4.69) is 5.32 Å². The van der Waals surface area contributed by atoms with Gasteiger partial charge in [0.05, 0.1) is 12.9 Å². The lowest BCUT2D eigenvalue weighted by Crippen LogP contribution is -2.50. The molecule has 5 nitrogen and oxygen atoms in total. The highest BCUT2D eigenvalue weighted by atomic mass is 32.2. The van der Waals surface area contributed by atoms with Gasteiger partial charge in [-0.2, -0.15) is 0 Å². The third-order valence-corrected chi connectivity index (χ3v) is 7.23. The van der Waals surface area contributed by atoms with Crippen molar-refractivity contribution < 1.29 is 14.3 Å². The Morgan fingerprint density at radius 3 is 2.30 bits per heavy atom. The summed E-state index contributed by atoms with van der Waals surface area (Å²) in [4.78, 5) is 28.0. The number of methoxy groups -OCH3 is 1. The molecule has 1 atom stereocenters. The summed E-state index contributed by atoms with van der Waals surface area (Å²) in [6.45, 7) is 4.32. The van der Waals surface area contributed by atoms with Crippen molar-refractivity contribution in [2.24, 2.45) is 0 Å². The monoisotopic (exact) mass is 468 g/mol. The van der Waals surface area contributed by atoms with E-state index in [0.29, 0.717) is 12.3 Å². The van der Waals surface area contributed by atoms with Crippen LogP contribution in [-0.2, 0) is 21.9 Å². The maximum Gasteiger partial charge on any atom is 0.242 e. The van der Waals surface area contributed by atoms with E-state index < -0.39 is 6.04 Å². The molecular weight excluding hydrogens is 432 g/mol. The number of hydrogen-bond acceptors (Lipinski definition) is 4. The summed E-state index contributed by atoms with van der Waals surface area (Å²) in [5.41, 5.74) is 3.35. The van der Waals surface area contributed by atoms with Crippen molar-refractivity contribution in [2.45, 2.75) is 70.3 Å². The molecule has 0 aromatic heterocycles. The predicted molar refractivity (Wildman–Crippen MR) is 135 cm³/mol. The van der Waals surface area contributed by atoms with E-state index in [9.17, 15) is 9.59 Å². The van der Waals surface area contributed by atoms with Crippen molar-refractivity contribution in [2.75, 3.05) is 12.9 Å². The van der Waals surface area contributed by atoms with Crippen molar-refractivity contribution >= 4 is 23.6 Å². The standard InChI is InChI=1S/C27H36N2O3S/c1-20-9-11-22(12-10-20)17-29(21(2)27(31)28-24-7-5-4-6-8-24)26(30)19-33-18-23-13-15-25(32-3)16-14-23/h9-16,21,24H,4-8,17-19H2,1-3H3,(H,28,31). The minimum absolute atomic E-state index is 0.0135. The van der Waals surface area contributed by atoms with Crippen LogP contribution in [0.2, 0.25) is 0 Å². The molecule has 3 rings (SSSR count). The number of aryl methyl sites for hydroxylation is 1. The topological polar surface area (TPSA) is 58.6 Å². The number of carbonyl (C=O) groups excluding carboxylic acids is 2. The van der Waals surface area contributed by atoms with Crippen molar-refractivity contribution in [3.63, 3.8) is 0 Å². The van der Waals surface area contributed by atoms with Gasteiger partial charge in [0.15, 0.2) is 0 Å². The minimum atomic E-state index is -0.512. The lowest BCUT2D eigenvalue weighted by Gasteiger charge is -2.31. The van der Waals surface area contributed by atoms with Crippen LogP contribution < -0.4 is 10.1 Å². The Labute approximate surface area is 202 Å². The van der Waals surface area contributed by atoms with E-state index in [1.54, 1.807) is 23.8 Å². The molecule has 2 amide bonds. The van der Waals surface area contributed by atoms with Crippen LogP contribution in [0.4, 0.5) is 0 Å². The van der Waals surface area contributed by atoms with Crippen LogP contribution >= 0.6 is 11.8 Å². The van der Waals surface area contributed by atoms with E-state index in [1.807, 2.05) is 62.4 Å². The van der Waals surface area contributed by atoms with Gasteiger partial charge in [0.1, 0.15) is 11.8 Å². The maximum atomic E-state index is 13.2. The van der Waals surface area contributed by atoms with Crippen LogP contribution in [0.5, 0.6) is 5.75 Å².